The first-order valence-electron chi connectivity index (χ1n) is 12.4. The summed E-state index contributed by atoms with van der Waals surface area (Å²) in [5.41, 5.74) is 9.88. The molecule has 4 aromatic rings. The lowest BCUT2D eigenvalue weighted by atomic mass is 9.81. The predicted molar refractivity (Wildman–Crippen MR) is 134 cm³/mol. The number of hydrogen-bond donors (Lipinski definition) is 0. The van der Waals surface area contributed by atoms with E-state index in [1.165, 1.54) is 60.1 Å². The maximum atomic E-state index is 8.91. The highest BCUT2D eigenvalue weighted by Gasteiger charge is 2.24. The molecule has 1 aliphatic rings. The van der Waals surface area contributed by atoms with E-state index in [-0.39, 0.29) is 0 Å². The maximum Gasteiger partial charge on any atom is 0.220 e. The fourth-order valence-corrected chi connectivity index (χ4v) is 5.32. The first-order valence-corrected chi connectivity index (χ1v) is 11.9. The largest absolute Gasteiger partial charge is 0.264 e. The first kappa shape index (κ1) is 19.7. The maximum absolute atomic E-state index is 8.91. The molecule has 0 saturated heterocycles. The van der Waals surface area contributed by atoms with Crippen LogP contribution < -0.4 is 4.57 Å². The van der Waals surface area contributed by atoms with Crippen molar-refractivity contribution in [2.75, 3.05) is 0 Å². The van der Waals surface area contributed by atoms with Crippen LogP contribution in [0.5, 0.6) is 0 Å². The normalized spacial score (nSPS) is 15.2. The number of pyridine rings is 2. The third-order valence-corrected chi connectivity index (χ3v) is 7.45. The summed E-state index contributed by atoms with van der Waals surface area (Å²) in [5.74, 6) is 0.669. The van der Waals surface area contributed by atoms with E-state index >= 15 is 0 Å². The Kier molecular flexibility index (Phi) is 5.23. The minimum absolute atomic E-state index is 0.597. The van der Waals surface area contributed by atoms with Crippen LogP contribution in [0.2, 0.25) is 0 Å². The first-order chi connectivity index (χ1) is 16.0. The number of hydrogen-bond acceptors (Lipinski definition) is 1. The molecule has 32 heavy (non-hydrogen) atoms. The molecular weight excluding hydrogens is 388 g/mol. The molecule has 2 heterocycles. The molecule has 0 atom stereocenters. The predicted octanol–water partition coefficient (Wildman–Crippen LogP) is 7.37. The molecule has 0 N–H and O–H groups in total. The van der Waals surface area contributed by atoms with Crippen molar-refractivity contribution < 1.29 is 5.94 Å². The minimum atomic E-state index is 0.597. The zero-order chi connectivity index (χ0) is 23.1. The van der Waals surface area contributed by atoms with Gasteiger partial charge in [0, 0.05) is 30.9 Å². The number of fused-ring (bicyclic) bond motifs is 1. The molecule has 1 aliphatic carbocycles. The van der Waals surface area contributed by atoms with Gasteiger partial charge in [-0.25, -0.2) is 0 Å². The van der Waals surface area contributed by atoms with Crippen LogP contribution >= 0.6 is 0 Å². The third-order valence-electron chi connectivity index (χ3n) is 7.45. The van der Waals surface area contributed by atoms with Crippen LogP contribution in [0.1, 0.15) is 61.8 Å². The fourth-order valence-electron chi connectivity index (χ4n) is 5.32. The molecule has 0 unspecified atom stereocenters. The molecular formula is C30H33N2+. The van der Waals surface area contributed by atoms with E-state index in [2.05, 4.69) is 73.8 Å². The molecule has 2 nitrogen and oxygen atoms in total. The summed E-state index contributed by atoms with van der Waals surface area (Å²) >= 11 is 0. The van der Waals surface area contributed by atoms with E-state index < -0.39 is 0 Å². The van der Waals surface area contributed by atoms with Gasteiger partial charge in [-0.05, 0) is 84.5 Å². The highest BCUT2D eigenvalue weighted by atomic mass is 14.9. The van der Waals surface area contributed by atoms with E-state index in [9.17, 15) is 0 Å². The van der Waals surface area contributed by atoms with Crippen molar-refractivity contribution in [3.8, 4) is 22.4 Å². The molecule has 5 rings (SSSR count). The van der Waals surface area contributed by atoms with Crippen LogP contribution in [0.3, 0.4) is 0 Å². The van der Waals surface area contributed by atoms with Crippen molar-refractivity contribution in [3.63, 3.8) is 0 Å². The Labute approximate surface area is 193 Å². The number of rotatable bonds is 3. The van der Waals surface area contributed by atoms with Crippen molar-refractivity contribution in [1.82, 2.24) is 4.98 Å². The second-order valence-corrected chi connectivity index (χ2v) is 9.47. The summed E-state index contributed by atoms with van der Waals surface area (Å²) in [6.07, 6.45) is 10.3. The lowest BCUT2D eigenvalue weighted by molar-refractivity contribution is -0.665. The van der Waals surface area contributed by atoms with Gasteiger partial charge in [-0.1, -0.05) is 37.5 Å². The van der Waals surface area contributed by atoms with Crippen LogP contribution in [0.4, 0.5) is 0 Å². The fraction of sp³-hybridized carbons (Fsp3) is 0.333. The molecule has 0 aliphatic heterocycles. The van der Waals surface area contributed by atoms with Crippen LogP contribution in [-0.2, 0) is 7.05 Å². The Morgan fingerprint density at radius 3 is 2.53 bits per heavy atom. The summed E-state index contributed by atoms with van der Waals surface area (Å²) in [7, 11) is 2.11. The Bertz CT molecular complexity index is 1340. The molecule has 0 spiro atoms. The minimum Gasteiger partial charge on any atom is -0.264 e. The molecule has 0 radical (unpaired) electrons. The quantitative estimate of drug-likeness (QED) is 0.315. The molecule has 2 aromatic heterocycles. The summed E-state index contributed by atoms with van der Waals surface area (Å²) in [6, 6.07) is 16.0. The average molecular weight is 423 g/mol. The lowest BCUT2D eigenvalue weighted by Crippen LogP contribution is -2.35. The summed E-state index contributed by atoms with van der Waals surface area (Å²) in [4.78, 5) is 4.28. The van der Waals surface area contributed by atoms with E-state index in [4.69, 9.17) is 1.37 Å². The van der Waals surface area contributed by atoms with Crippen LogP contribution in [-0.4, -0.2) is 4.98 Å². The van der Waals surface area contributed by atoms with Crippen LogP contribution in [0, 0.1) is 20.8 Å². The third kappa shape index (κ3) is 3.72. The van der Waals surface area contributed by atoms with E-state index in [1.54, 1.807) is 6.20 Å². The van der Waals surface area contributed by atoms with E-state index in [0.29, 0.717) is 12.0 Å². The standard InChI is InChI=1S/C30H33N2/c1-20-15-26(23-9-6-5-7-10-23)18-29(22(20)3)30-28-13-12-24(25-11-8-14-31-19-25)17-27(28)16-21(2)32(30)4/h8,11-19,23H,5-7,9-10H2,1-4H3/q+1/i16D. The van der Waals surface area contributed by atoms with Crippen LogP contribution in [0.25, 0.3) is 33.2 Å². The second kappa shape index (κ2) is 8.50. The highest BCUT2D eigenvalue weighted by molar-refractivity contribution is 5.96. The number of nitrogens with zero attached hydrogens (tertiary/aromatic N) is 2. The second-order valence-electron chi connectivity index (χ2n) is 9.47. The van der Waals surface area contributed by atoms with Crippen molar-refractivity contribution in [3.05, 3.63) is 83.3 Å². The molecule has 2 heteroatoms. The van der Waals surface area contributed by atoms with Gasteiger partial charge in [0.05, 0.1) is 12.3 Å². The molecule has 2 aromatic carbocycles. The average Bonchev–Trinajstić information content (AvgIpc) is 2.86. The van der Waals surface area contributed by atoms with Crippen molar-refractivity contribution in [2.24, 2.45) is 7.05 Å². The Morgan fingerprint density at radius 1 is 0.969 bits per heavy atom. The molecule has 162 valence electrons. The summed E-state index contributed by atoms with van der Waals surface area (Å²) < 4.78 is 11.1. The van der Waals surface area contributed by atoms with Gasteiger partial charge in [-0.3, -0.25) is 4.98 Å². The summed E-state index contributed by atoms with van der Waals surface area (Å²) in [5, 5.41) is 2.14. The number of benzene rings is 2. The highest BCUT2D eigenvalue weighted by Crippen LogP contribution is 2.38. The zero-order valence-electron chi connectivity index (χ0n) is 20.7. The monoisotopic (exact) mass is 422 g/mol. The number of aromatic nitrogens is 2. The van der Waals surface area contributed by atoms with Gasteiger partial charge in [0.15, 0.2) is 5.69 Å². The van der Waals surface area contributed by atoms with Gasteiger partial charge in [-0.15, -0.1) is 0 Å². The van der Waals surface area contributed by atoms with Crippen molar-refractivity contribution >= 4 is 10.8 Å². The number of aryl methyl sites for hydroxylation is 1. The lowest BCUT2D eigenvalue weighted by Gasteiger charge is -2.24. The van der Waals surface area contributed by atoms with Crippen LogP contribution in [0.15, 0.2) is 60.9 Å². The molecule has 0 bridgehead atoms. The van der Waals surface area contributed by atoms with Gasteiger partial charge in [0.25, 0.3) is 0 Å². The van der Waals surface area contributed by atoms with Gasteiger partial charge in [0.1, 0.15) is 7.05 Å². The SMILES string of the molecule is [2H]c1c(C)[n+](C)c(-c2cc(C3CCCCC3)cc(C)c2C)c2ccc(-c3cccnc3)cc12. The topological polar surface area (TPSA) is 16.8 Å². The molecule has 1 fully saturated rings. The van der Waals surface area contributed by atoms with Crippen molar-refractivity contribution in [1.29, 1.82) is 0 Å². The van der Waals surface area contributed by atoms with E-state index in [1.807, 2.05) is 12.3 Å². The zero-order valence-corrected chi connectivity index (χ0v) is 19.7. The van der Waals surface area contributed by atoms with Gasteiger partial charge in [0.2, 0.25) is 5.69 Å². The smallest absolute Gasteiger partial charge is 0.220 e. The van der Waals surface area contributed by atoms with Gasteiger partial charge in [-0.2, -0.15) is 4.57 Å². The molecule has 0 amide bonds. The van der Waals surface area contributed by atoms with Gasteiger partial charge < -0.3 is 0 Å². The summed E-state index contributed by atoms with van der Waals surface area (Å²) in [6.45, 7) is 6.56. The van der Waals surface area contributed by atoms with E-state index in [0.717, 1.165) is 27.6 Å². The molecule has 1 saturated carbocycles. The van der Waals surface area contributed by atoms with Crippen molar-refractivity contribution in [2.45, 2.75) is 58.8 Å². The Hall–Kier alpha value is -3.00. The van der Waals surface area contributed by atoms with Gasteiger partial charge >= 0.3 is 0 Å². The Balaban J connectivity index is 1.75. The Morgan fingerprint density at radius 2 is 1.78 bits per heavy atom.